The number of anilines is 1. The second-order valence-corrected chi connectivity index (χ2v) is 5.52. The summed E-state index contributed by atoms with van der Waals surface area (Å²) < 4.78 is -1.40. The molecule has 0 saturated carbocycles. The highest BCUT2D eigenvalue weighted by molar-refractivity contribution is 6.59. The van der Waals surface area contributed by atoms with Gasteiger partial charge in [-0.15, -0.1) is 0 Å². The van der Waals surface area contributed by atoms with Crippen molar-refractivity contribution in [3.63, 3.8) is 0 Å². The van der Waals surface area contributed by atoms with Crippen molar-refractivity contribution in [2.24, 2.45) is 0 Å². The van der Waals surface area contributed by atoms with E-state index in [2.05, 4.69) is 0 Å². The summed E-state index contributed by atoms with van der Waals surface area (Å²) in [5, 5.41) is 10.5. The Morgan fingerprint density at radius 3 is 2.30 bits per heavy atom. The highest BCUT2D eigenvalue weighted by Gasteiger charge is 2.41. The number of rotatable bonds is 2. The van der Waals surface area contributed by atoms with Crippen molar-refractivity contribution in [2.45, 2.75) is 31.0 Å². The zero-order valence-corrected chi connectivity index (χ0v) is 12.8. The van der Waals surface area contributed by atoms with E-state index in [1.165, 1.54) is 29.2 Å². The molecular weight excluding hydrogens is 303 g/mol. The van der Waals surface area contributed by atoms with Crippen LogP contribution in [0.5, 0.6) is 0 Å². The van der Waals surface area contributed by atoms with Crippen molar-refractivity contribution in [1.29, 1.82) is 0 Å². The van der Waals surface area contributed by atoms with Crippen LogP contribution in [-0.4, -0.2) is 21.7 Å². The Labute approximate surface area is 127 Å². The third-order valence-electron chi connectivity index (χ3n) is 2.80. The third kappa shape index (κ3) is 3.61. The maximum atomic E-state index is 12.0. The quantitative estimate of drug-likeness (QED) is 0.471. The number of alkyl halides is 2. The van der Waals surface area contributed by atoms with Crippen LogP contribution in [0.15, 0.2) is 24.3 Å². The van der Waals surface area contributed by atoms with Gasteiger partial charge in [-0.25, -0.2) is 0 Å². The lowest BCUT2D eigenvalue weighted by Crippen LogP contribution is -2.47. The highest BCUT2D eigenvalue weighted by Crippen LogP contribution is 2.35. The Morgan fingerprint density at radius 1 is 1.25 bits per heavy atom. The highest BCUT2D eigenvalue weighted by atomic mass is 35.5. The molecule has 1 aliphatic heterocycles. The van der Waals surface area contributed by atoms with Crippen LogP contribution < -0.4 is 4.90 Å². The van der Waals surface area contributed by atoms with Gasteiger partial charge < -0.3 is 4.90 Å². The van der Waals surface area contributed by atoms with E-state index in [9.17, 15) is 14.9 Å². The molecule has 1 aromatic carbocycles. The van der Waals surface area contributed by atoms with Gasteiger partial charge in [0.2, 0.25) is 0 Å². The molecule has 20 heavy (non-hydrogen) atoms. The van der Waals surface area contributed by atoms with Gasteiger partial charge in [-0.3, -0.25) is 14.9 Å². The second-order valence-electron chi connectivity index (χ2n) is 4.04. The lowest BCUT2D eigenvalue weighted by molar-refractivity contribution is -0.384. The first-order valence-electron chi connectivity index (χ1n) is 6.36. The molecule has 1 aromatic rings. The first-order valence-corrected chi connectivity index (χ1v) is 7.12. The summed E-state index contributed by atoms with van der Waals surface area (Å²) in [6, 6.07) is 5.74. The Morgan fingerprint density at radius 2 is 1.80 bits per heavy atom. The SMILES string of the molecule is CC.O=C1N(c2ccc([N+](=O)[O-])cc2)CCCC1(Cl)Cl. The number of nitrogens with zero attached hydrogens (tertiary/aromatic N) is 2. The van der Waals surface area contributed by atoms with Gasteiger partial charge in [-0.2, -0.15) is 0 Å². The molecule has 7 heteroatoms. The molecule has 0 aliphatic carbocycles. The Bertz CT molecular complexity index is 489. The summed E-state index contributed by atoms with van der Waals surface area (Å²) in [7, 11) is 0. The largest absolute Gasteiger partial charge is 0.310 e. The van der Waals surface area contributed by atoms with Crippen molar-refractivity contribution < 1.29 is 9.72 Å². The first-order chi connectivity index (χ1) is 9.42. The van der Waals surface area contributed by atoms with E-state index in [-0.39, 0.29) is 11.6 Å². The second kappa shape index (κ2) is 6.90. The van der Waals surface area contributed by atoms with E-state index in [1.54, 1.807) is 0 Å². The summed E-state index contributed by atoms with van der Waals surface area (Å²) in [4.78, 5) is 23.5. The number of hydrogen-bond acceptors (Lipinski definition) is 3. The molecule has 1 aliphatic rings. The van der Waals surface area contributed by atoms with Crippen molar-refractivity contribution in [1.82, 2.24) is 0 Å². The minimum absolute atomic E-state index is 0.0220. The number of nitro benzene ring substituents is 1. The molecule has 0 N–H and O–H groups in total. The van der Waals surface area contributed by atoms with Gasteiger partial charge in [0.15, 0.2) is 4.33 Å². The molecule has 1 heterocycles. The lowest BCUT2D eigenvalue weighted by Gasteiger charge is -2.33. The van der Waals surface area contributed by atoms with Crippen LogP contribution in [0.1, 0.15) is 26.7 Å². The molecule has 0 aromatic heterocycles. The number of halogens is 2. The van der Waals surface area contributed by atoms with E-state index < -0.39 is 9.26 Å². The van der Waals surface area contributed by atoms with Gasteiger partial charge in [0.25, 0.3) is 11.6 Å². The molecule has 1 amide bonds. The standard InChI is InChI=1S/C11H10Cl2N2O3.C2H6/c12-11(13)6-1-7-14(10(11)16)8-2-4-9(5-3-8)15(17)18;1-2/h2-5H,1,6-7H2;1-2H3. The molecule has 110 valence electrons. The molecule has 0 bridgehead atoms. The topological polar surface area (TPSA) is 63.5 Å². The molecule has 5 nitrogen and oxygen atoms in total. The fourth-order valence-corrected chi connectivity index (χ4v) is 2.34. The third-order valence-corrected chi connectivity index (χ3v) is 3.50. The summed E-state index contributed by atoms with van der Waals surface area (Å²) in [5.74, 6) is -0.383. The summed E-state index contributed by atoms with van der Waals surface area (Å²) >= 11 is 11.8. The number of nitro groups is 1. The van der Waals surface area contributed by atoms with E-state index in [0.717, 1.165) is 0 Å². The number of carbonyl (C=O) groups is 1. The number of amides is 1. The number of piperidine rings is 1. The first kappa shape index (κ1) is 16.7. The Kier molecular flexibility index (Phi) is 5.77. The van der Waals surface area contributed by atoms with Crippen molar-refractivity contribution in [3.8, 4) is 0 Å². The van der Waals surface area contributed by atoms with Gasteiger partial charge in [0.1, 0.15) is 0 Å². The maximum absolute atomic E-state index is 12.0. The van der Waals surface area contributed by atoms with Crippen LogP contribution in [-0.2, 0) is 4.79 Å². The maximum Gasteiger partial charge on any atom is 0.269 e. The molecule has 0 radical (unpaired) electrons. The van der Waals surface area contributed by atoms with Crippen LogP contribution in [0.25, 0.3) is 0 Å². The predicted octanol–water partition coefficient (Wildman–Crippen LogP) is 3.92. The van der Waals surface area contributed by atoms with Crippen LogP contribution >= 0.6 is 23.2 Å². The van der Waals surface area contributed by atoms with Gasteiger partial charge in [-0.1, -0.05) is 37.0 Å². The number of hydrogen-bond donors (Lipinski definition) is 0. The average molecular weight is 319 g/mol. The predicted molar refractivity (Wildman–Crippen MR) is 80.5 cm³/mol. The molecule has 0 unspecified atom stereocenters. The molecule has 1 fully saturated rings. The summed E-state index contributed by atoms with van der Waals surface area (Å²) in [5.41, 5.74) is 0.544. The fourth-order valence-electron chi connectivity index (χ4n) is 1.87. The minimum atomic E-state index is -1.40. The fraction of sp³-hybridized carbons (Fsp3) is 0.462. The van der Waals surface area contributed by atoms with Gasteiger partial charge in [0.05, 0.1) is 4.92 Å². The van der Waals surface area contributed by atoms with E-state index in [1.807, 2.05) is 13.8 Å². The number of benzene rings is 1. The van der Waals surface area contributed by atoms with Crippen LogP contribution in [0.2, 0.25) is 0 Å². The number of carbonyl (C=O) groups excluding carboxylic acids is 1. The van der Waals surface area contributed by atoms with E-state index in [0.29, 0.717) is 25.1 Å². The molecule has 0 atom stereocenters. The van der Waals surface area contributed by atoms with Gasteiger partial charge in [0, 0.05) is 24.4 Å². The van der Waals surface area contributed by atoms with Crippen LogP contribution in [0, 0.1) is 10.1 Å². The van der Waals surface area contributed by atoms with Crippen molar-refractivity contribution in [3.05, 3.63) is 34.4 Å². The number of non-ortho nitro benzene ring substituents is 1. The van der Waals surface area contributed by atoms with E-state index >= 15 is 0 Å². The molecule has 1 saturated heterocycles. The lowest BCUT2D eigenvalue weighted by atomic mass is 10.1. The Hall–Kier alpha value is -1.33. The monoisotopic (exact) mass is 318 g/mol. The molecular formula is C13H16Cl2N2O3. The van der Waals surface area contributed by atoms with Crippen LogP contribution in [0.4, 0.5) is 11.4 Å². The minimum Gasteiger partial charge on any atom is -0.310 e. The van der Waals surface area contributed by atoms with Gasteiger partial charge >= 0.3 is 0 Å². The smallest absolute Gasteiger partial charge is 0.269 e. The summed E-state index contributed by atoms with van der Waals surface area (Å²) in [6.45, 7) is 4.51. The van der Waals surface area contributed by atoms with Gasteiger partial charge in [-0.05, 0) is 25.0 Å². The molecule has 2 rings (SSSR count). The van der Waals surface area contributed by atoms with E-state index in [4.69, 9.17) is 23.2 Å². The average Bonchev–Trinajstić information content (AvgIpc) is 2.44. The van der Waals surface area contributed by atoms with Crippen molar-refractivity contribution >= 4 is 40.5 Å². The zero-order valence-electron chi connectivity index (χ0n) is 11.3. The Balaban J connectivity index is 0.000000956. The summed E-state index contributed by atoms with van der Waals surface area (Å²) in [6.07, 6.45) is 1.11. The molecule has 0 spiro atoms. The van der Waals surface area contributed by atoms with Crippen LogP contribution in [0.3, 0.4) is 0 Å². The normalized spacial score (nSPS) is 17.2. The zero-order chi connectivity index (χ0) is 15.3. The van der Waals surface area contributed by atoms with Crippen molar-refractivity contribution in [2.75, 3.05) is 11.4 Å².